The fourth-order valence-electron chi connectivity index (χ4n) is 2.58. The van der Waals surface area contributed by atoms with Crippen molar-refractivity contribution in [2.75, 3.05) is 5.32 Å². The second-order valence-electron chi connectivity index (χ2n) is 6.09. The predicted octanol–water partition coefficient (Wildman–Crippen LogP) is 5.36. The molecule has 8 heteroatoms. The van der Waals surface area contributed by atoms with E-state index in [0.29, 0.717) is 27.8 Å². The molecule has 1 aromatic heterocycles. The monoisotopic (exact) mass is 407 g/mol. The van der Waals surface area contributed by atoms with Crippen molar-refractivity contribution in [2.45, 2.75) is 6.92 Å². The molecular formula is C21H14ClN3O4. The number of aryl methyl sites for hydroxylation is 1. The largest absolute Gasteiger partial charge is 0.457 e. The number of non-ortho nitro benzene ring substituents is 1. The zero-order chi connectivity index (χ0) is 21.0. The number of rotatable bonds is 5. The summed E-state index contributed by atoms with van der Waals surface area (Å²) in [5.41, 5.74) is 1.44. The molecule has 0 aliphatic rings. The normalized spacial score (nSPS) is 11.0. The Morgan fingerprint density at radius 1 is 1.21 bits per heavy atom. The highest BCUT2D eigenvalue weighted by atomic mass is 35.5. The number of nitro benzene ring substituents is 1. The van der Waals surface area contributed by atoms with Crippen molar-refractivity contribution in [2.24, 2.45) is 0 Å². The van der Waals surface area contributed by atoms with Gasteiger partial charge in [0.2, 0.25) is 0 Å². The van der Waals surface area contributed by atoms with Crippen LogP contribution in [0.2, 0.25) is 5.02 Å². The Bertz CT molecular complexity index is 1160. The van der Waals surface area contributed by atoms with Crippen molar-refractivity contribution in [1.29, 1.82) is 5.26 Å². The number of nitro groups is 1. The Kier molecular flexibility index (Phi) is 5.77. The second-order valence-corrected chi connectivity index (χ2v) is 6.53. The molecule has 0 aliphatic carbocycles. The van der Waals surface area contributed by atoms with Gasteiger partial charge in [0.25, 0.3) is 11.6 Å². The number of benzene rings is 2. The minimum atomic E-state index is -0.645. The van der Waals surface area contributed by atoms with E-state index in [4.69, 9.17) is 16.0 Å². The number of furan rings is 1. The summed E-state index contributed by atoms with van der Waals surface area (Å²) < 4.78 is 5.68. The van der Waals surface area contributed by atoms with Gasteiger partial charge in [0.1, 0.15) is 23.2 Å². The van der Waals surface area contributed by atoms with Crippen LogP contribution in [-0.2, 0) is 4.79 Å². The van der Waals surface area contributed by atoms with Crippen molar-refractivity contribution in [3.8, 4) is 17.4 Å². The zero-order valence-corrected chi connectivity index (χ0v) is 15.9. The van der Waals surface area contributed by atoms with Gasteiger partial charge in [-0.05, 0) is 55.0 Å². The maximum Gasteiger partial charge on any atom is 0.269 e. The summed E-state index contributed by atoms with van der Waals surface area (Å²) in [5, 5.41) is 23.4. The maximum absolute atomic E-state index is 12.4. The van der Waals surface area contributed by atoms with Gasteiger partial charge < -0.3 is 9.73 Å². The van der Waals surface area contributed by atoms with Crippen LogP contribution in [0.1, 0.15) is 11.3 Å². The molecular weight excluding hydrogens is 394 g/mol. The average Bonchev–Trinajstić information content (AvgIpc) is 3.16. The molecule has 0 bridgehead atoms. The van der Waals surface area contributed by atoms with Crippen molar-refractivity contribution in [1.82, 2.24) is 0 Å². The van der Waals surface area contributed by atoms with Crippen molar-refractivity contribution in [3.63, 3.8) is 0 Å². The third kappa shape index (κ3) is 4.69. The number of nitriles is 1. The van der Waals surface area contributed by atoms with Gasteiger partial charge in [-0.2, -0.15) is 5.26 Å². The van der Waals surface area contributed by atoms with E-state index in [2.05, 4.69) is 5.32 Å². The fraction of sp³-hybridized carbons (Fsp3) is 0.0476. The Labute approximate surface area is 171 Å². The summed E-state index contributed by atoms with van der Waals surface area (Å²) in [6.45, 7) is 1.63. The van der Waals surface area contributed by atoms with E-state index >= 15 is 0 Å². The molecule has 0 radical (unpaired) electrons. The lowest BCUT2D eigenvalue weighted by molar-refractivity contribution is -0.384. The van der Waals surface area contributed by atoms with E-state index < -0.39 is 10.8 Å². The van der Waals surface area contributed by atoms with Gasteiger partial charge in [-0.1, -0.05) is 11.6 Å². The summed E-state index contributed by atoms with van der Waals surface area (Å²) in [6.07, 6.45) is 1.33. The number of carbonyl (C=O) groups excluding carboxylic acids is 1. The minimum absolute atomic E-state index is 0.0816. The number of hydrogen-bond acceptors (Lipinski definition) is 5. The van der Waals surface area contributed by atoms with E-state index in [9.17, 15) is 20.2 Å². The molecule has 1 amide bonds. The van der Waals surface area contributed by atoms with Crippen LogP contribution in [0.3, 0.4) is 0 Å². The van der Waals surface area contributed by atoms with Gasteiger partial charge in [-0.3, -0.25) is 14.9 Å². The van der Waals surface area contributed by atoms with Crippen LogP contribution in [0.25, 0.3) is 17.4 Å². The van der Waals surface area contributed by atoms with E-state index in [1.54, 1.807) is 43.3 Å². The first-order chi connectivity index (χ1) is 13.9. The van der Waals surface area contributed by atoms with Crippen LogP contribution in [-0.4, -0.2) is 10.8 Å². The molecule has 0 atom stereocenters. The lowest BCUT2D eigenvalue weighted by atomic mass is 10.1. The van der Waals surface area contributed by atoms with E-state index in [1.165, 1.54) is 24.3 Å². The topological polar surface area (TPSA) is 109 Å². The lowest BCUT2D eigenvalue weighted by Crippen LogP contribution is -2.14. The molecule has 1 N–H and O–H groups in total. The lowest BCUT2D eigenvalue weighted by Gasteiger charge is -2.07. The van der Waals surface area contributed by atoms with Crippen molar-refractivity contribution < 1.29 is 14.1 Å². The number of amides is 1. The third-order valence-corrected chi connectivity index (χ3v) is 4.33. The first-order valence-electron chi connectivity index (χ1n) is 8.41. The minimum Gasteiger partial charge on any atom is -0.457 e. The number of carbonyl (C=O) groups is 1. The molecule has 2 aromatic carbocycles. The molecule has 7 nitrogen and oxygen atoms in total. The van der Waals surface area contributed by atoms with Crippen LogP contribution in [0, 0.1) is 28.4 Å². The first kappa shape index (κ1) is 19.9. The molecule has 3 aromatic rings. The highest BCUT2D eigenvalue weighted by Gasteiger charge is 2.14. The Hall–Kier alpha value is -3.89. The van der Waals surface area contributed by atoms with Crippen LogP contribution in [0.5, 0.6) is 0 Å². The molecule has 29 heavy (non-hydrogen) atoms. The molecule has 0 fully saturated rings. The number of hydrogen-bond donors (Lipinski definition) is 1. The highest BCUT2D eigenvalue weighted by molar-refractivity contribution is 6.30. The molecule has 1 heterocycles. The summed E-state index contributed by atoms with van der Waals surface area (Å²) >= 11 is 5.87. The highest BCUT2D eigenvalue weighted by Crippen LogP contribution is 2.25. The molecule has 0 aliphatic heterocycles. The third-order valence-electron chi connectivity index (χ3n) is 4.08. The molecule has 0 saturated heterocycles. The number of nitrogens with one attached hydrogen (secondary N) is 1. The molecule has 0 unspecified atom stereocenters. The van der Waals surface area contributed by atoms with Crippen LogP contribution in [0.4, 0.5) is 11.4 Å². The van der Waals surface area contributed by atoms with Crippen LogP contribution >= 0.6 is 11.6 Å². The summed E-state index contributed by atoms with van der Waals surface area (Å²) in [7, 11) is 0. The average molecular weight is 408 g/mol. The Morgan fingerprint density at radius 3 is 2.55 bits per heavy atom. The quantitative estimate of drug-likeness (QED) is 0.265. The van der Waals surface area contributed by atoms with E-state index in [0.717, 1.165) is 5.56 Å². The summed E-state index contributed by atoms with van der Waals surface area (Å²) in [5.74, 6) is 0.257. The van der Waals surface area contributed by atoms with Gasteiger partial charge in [0, 0.05) is 34.5 Å². The van der Waals surface area contributed by atoms with Crippen LogP contribution < -0.4 is 5.32 Å². The Morgan fingerprint density at radius 2 is 1.93 bits per heavy atom. The molecule has 0 spiro atoms. The summed E-state index contributed by atoms with van der Waals surface area (Å²) in [6, 6.07) is 16.3. The molecule has 0 saturated carbocycles. The fourth-order valence-corrected chi connectivity index (χ4v) is 2.71. The smallest absolute Gasteiger partial charge is 0.269 e. The standard InChI is InChI=1S/C21H14ClN3O4/c1-13-10-17(25(27)28)6-8-19(13)24-21(26)15(12-23)11-18-7-9-20(29-18)14-2-4-16(22)5-3-14/h2-11H,1H3,(H,24,26)/b15-11+. The van der Waals surface area contributed by atoms with Crippen molar-refractivity contribution in [3.05, 3.63) is 86.6 Å². The first-order valence-corrected chi connectivity index (χ1v) is 8.79. The van der Waals surface area contributed by atoms with Gasteiger partial charge in [-0.25, -0.2) is 0 Å². The van der Waals surface area contributed by atoms with Gasteiger partial charge >= 0.3 is 0 Å². The number of nitrogens with zero attached hydrogens (tertiary/aromatic N) is 2. The Balaban J connectivity index is 1.80. The SMILES string of the molecule is Cc1cc([N+](=O)[O-])ccc1NC(=O)/C(C#N)=C/c1ccc(-c2ccc(Cl)cc2)o1. The summed E-state index contributed by atoms with van der Waals surface area (Å²) in [4.78, 5) is 22.7. The maximum atomic E-state index is 12.4. The van der Waals surface area contributed by atoms with E-state index in [1.807, 2.05) is 6.07 Å². The second kappa shape index (κ2) is 8.42. The predicted molar refractivity (Wildman–Crippen MR) is 109 cm³/mol. The van der Waals surface area contributed by atoms with Gasteiger partial charge in [0.15, 0.2) is 0 Å². The number of anilines is 1. The van der Waals surface area contributed by atoms with E-state index in [-0.39, 0.29) is 11.3 Å². The number of halogens is 1. The van der Waals surface area contributed by atoms with Gasteiger partial charge in [0.05, 0.1) is 4.92 Å². The van der Waals surface area contributed by atoms with Crippen molar-refractivity contribution >= 4 is 35.0 Å². The molecule has 144 valence electrons. The van der Waals surface area contributed by atoms with Gasteiger partial charge in [-0.15, -0.1) is 0 Å². The molecule has 3 rings (SSSR count). The van der Waals surface area contributed by atoms with Crippen LogP contribution in [0.15, 0.2) is 64.6 Å². The zero-order valence-electron chi connectivity index (χ0n) is 15.2.